The number of hydrogen-bond donors (Lipinski definition) is 1. The molecular formula is C12H16OS. The van der Waals surface area contributed by atoms with Crippen LogP contribution in [0.2, 0.25) is 0 Å². The van der Waals surface area contributed by atoms with Crippen LogP contribution in [-0.4, -0.2) is 17.1 Å². The second-order valence-corrected chi connectivity index (χ2v) is 4.98. The van der Waals surface area contributed by atoms with E-state index in [0.717, 1.165) is 0 Å². The molecule has 0 atom stereocenters. The molecule has 0 aliphatic heterocycles. The van der Waals surface area contributed by atoms with Gasteiger partial charge in [-0.15, -0.1) is 0 Å². The maximum absolute atomic E-state index is 9.24. The van der Waals surface area contributed by atoms with E-state index in [1.165, 1.54) is 30.6 Å². The number of phenolic OH excluding ortho intramolecular Hbond substituents is 1. The smallest absolute Gasteiger partial charge is 0.115 e. The van der Waals surface area contributed by atoms with Gasteiger partial charge in [0, 0.05) is 11.2 Å². The van der Waals surface area contributed by atoms with E-state index in [0.29, 0.717) is 11.2 Å². The molecule has 1 aliphatic carbocycles. The lowest BCUT2D eigenvalue weighted by Crippen LogP contribution is -2.36. The third-order valence-electron chi connectivity index (χ3n) is 3.21. The van der Waals surface area contributed by atoms with Crippen molar-refractivity contribution >= 4 is 11.8 Å². The normalized spacial score (nSPS) is 18.9. The monoisotopic (exact) mass is 208 g/mol. The molecule has 0 unspecified atom stereocenters. The molecule has 1 N–H and O–H groups in total. The lowest BCUT2D eigenvalue weighted by Gasteiger charge is -2.42. The van der Waals surface area contributed by atoms with Crippen LogP contribution in [0, 0.1) is 0 Å². The van der Waals surface area contributed by atoms with Crippen molar-refractivity contribution in [3.8, 4) is 5.75 Å². The summed E-state index contributed by atoms with van der Waals surface area (Å²) in [5, 5.41) is 9.24. The van der Waals surface area contributed by atoms with Gasteiger partial charge >= 0.3 is 0 Å². The van der Waals surface area contributed by atoms with Gasteiger partial charge in [0.1, 0.15) is 5.75 Å². The summed E-state index contributed by atoms with van der Waals surface area (Å²) in [4.78, 5) is 0. The number of phenols is 1. The van der Waals surface area contributed by atoms with Crippen LogP contribution < -0.4 is 0 Å². The average Bonchev–Trinajstić information content (AvgIpc) is 2.13. The Morgan fingerprint density at radius 3 is 2.36 bits per heavy atom. The summed E-state index contributed by atoms with van der Waals surface area (Å²) in [5.41, 5.74) is 1.81. The minimum absolute atomic E-state index is 0.368. The van der Waals surface area contributed by atoms with Crippen molar-refractivity contribution in [2.75, 3.05) is 12.0 Å². The molecule has 0 bridgehead atoms. The number of thioether (sulfide) groups is 1. The molecule has 1 aromatic carbocycles. The molecule has 0 saturated heterocycles. The standard InChI is InChI=1S/C12H16OS/c1-14-9-12(7-2-8-12)10-3-5-11(13)6-4-10/h3-6,13H,2,7-9H2,1H3. The van der Waals surface area contributed by atoms with Gasteiger partial charge in [0.2, 0.25) is 0 Å². The molecule has 0 heterocycles. The fourth-order valence-electron chi connectivity index (χ4n) is 2.21. The van der Waals surface area contributed by atoms with Crippen molar-refractivity contribution in [3.05, 3.63) is 29.8 Å². The highest BCUT2D eigenvalue weighted by atomic mass is 32.2. The second kappa shape index (κ2) is 3.85. The van der Waals surface area contributed by atoms with Crippen LogP contribution in [0.5, 0.6) is 5.75 Å². The molecule has 0 spiro atoms. The van der Waals surface area contributed by atoms with Crippen LogP contribution in [0.15, 0.2) is 24.3 Å². The Kier molecular flexibility index (Phi) is 2.73. The first-order valence-electron chi connectivity index (χ1n) is 5.05. The maximum atomic E-state index is 9.24. The van der Waals surface area contributed by atoms with Gasteiger partial charge in [0.05, 0.1) is 0 Å². The molecule has 1 aliphatic rings. The van der Waals surface area contributed by atoms with Gasteiger partial charge in [-0.05, 0) is 36.8 Å². The third-order valence-corrected chi connectivity index (χ3v) is 4.05. The Bertz CT molecular complexity index is 301. The van der Waals surface area contributed by atoms with E-state index in [9.17, 15) is 5.11 Å². The van der Waals surface area contributed by atoms with E-state index in [4.69, 9.17) is 0 Å². The molecule has 0 amide bonds. The van der Waals surface area contributed by atoms with Gasteiger partial charge in [-0.25, -0.2) is 0 Å². The van der Waals surface area contributed by atoms with Crippen LogP contribution in [0.1, 0.15) is 24.8 Å². The van der Waals surface area contributed by atoms with Crippen LogP contribution in [-0.2, 0) is 5.41 Å². The zero-order chi connectivity index (χ0) is 10.0. The van der Waals surface area contributed by atoms with Crippen LogP contribution in [0.4, 0.5) is 0 Å². The SMILES string of the molecule is CSCC1(c2ccc(O)cc2)CCC1. The molecule has 0 aromatic heterocycles. The predicted octanol–water partition coefficient (Wildman–Crippen LogP) is 3.18. The van der Waals surface area contributed by atoms with Crippen molar-refractivity contribution in [2.24, 2.45) is 0 Å². The number of aromatic hydroxyl groups is 1. The van der Waals surface area contributed by atoms with E-state index < -0.39 is 0 Å². The van der Waals surface area contributed by atoms with Crippen molar-refractivity contribution in [2.45, 2.75) is 24.7 Å². The minimum Gasteiger partial charge on any atom is -0.508 e. The summed E-state index contributed by atoms with van der Waals surface area (Å²) in [6.07, 6.45) is 6.12. The molecule has 76 valence electrons. The van der Waals surface area contributed by atoms with Crippen LogP contribution in [0.25, 0.3) is 0 Å². The first kappa shape index (κ1) is 9.91. The fourth-order valence-corrected chi connectivity index (χ4v) is 3.22. The Labute approximate surface area is 89.5 Å². The molecule has 1 aromatic rings. The van der Waals surface area contributed by atoms with Gasteiger partial charge in [0.25, 0.3) is 0 Å². The zero-order valence-electron chi connectivity index (χ0n) is 8.49. The predicted molar refractivity (Wildman–Crippen MR) is 62.0 cm³/mol. The summed E-state index contributed by atoms with van der Waals surface area (Å²) < 4.78 is 0. The van der Waals surface area contributed by atoms with E-state index in [-0.39, 0.29) is 0 Å². The number of rotatable bonds is 3. The average molecular weight is 208 g/mol. The molecule has 2 rings (SSSR count). The topological polar surface area (TPSA) is 20.2 Å². The van der Waals surface area contributed by atoms with Gasteiger partial charge in [0.15, 0.2) is 0 Å². The van der Waals surface area contributed by atoms with Crippen LogP contribution >= 0.6 is 11.8 Å². The van der Waals surface area contributed by atoms with E-state index in [1.54, 1.807) is 12.1 Å². The summed E-state index contributed by atoms with van der Waals surface area (Å²) >= 11 is 1.92. The van der Waals surface area contributed by atoms with Gasteiger partial charge < -0.3 is 5.11 Å². The molecule has 1 nitrogen and oxygen atoms in total. The minimum atomic E-state index is 0.368. The Hall–Kier alpha value is -0.630. The van der Waals surface area contributed by atoms with E-state index in [1.807, 2.05) is 11.8 Å². The first-order valence-corrected chi connectivity index (χ1v) is 6.45. The van der Waals surface area contributed by atoms with Gasteiger partial charge in [-0.2, -0.15) is 11.8 Å². The van der Waals surface area contributed by atoms with Crippen molar-refractivity contribution in [3.63, 3.8) is 0 Å². The van der Waals surface area contributed by atoms with Crippen molar-refractivity contribution in [1.29, 1.82) is 0 Å². The molecule has 2 heteroatoms. The molecule has 0 radical (unpaired) electrons. The Balaban J connectivity index is 2.23. The molecular weight excluding hydrogens is 192 g/mol. The Morgan fingerprint density at radius 1 is 1.29 bits per heavy atom. The lowest BCUT2D eigenvalue weighted by atomic mass is 9.66. The Morgan fingerprint density at radius 2 is 1.93 bits per heavy atom. The summed E-state index contributed by atoms with van der Waals surface area (Å²) in [6.45, 7) is 0. The highest BCUT2D eigenvalue weighted by Gasteiger charge is 2.37. The van der Waals surface area contributed by atoms with Crippen molar-refractivity contribution in [1.82, 2.24) is 0 Å². The molecule has 14 heavy (non-hydrogen) atoms. The third kappa shape index (κ3) is 1.63. The quantitative estimate of drug-likeness (QED) is 0.823. The van der Waals surface area contributed by atoms with E-state index >= 15 is 0 Å². The summed E-state index contributed by atoms with van der Waals surface area (Å²) in [6, 6.07) is 7.75. The highest BCUT2D eigenvalue weighted by molar-refractivity contribution is 7.98. The zero-order valence-corrected chi connectivity index (χ0v) is 9.31. The lowest BCUT2D eigenvalue weighted by molar-refractivity contribution is 0.279. The number of benzene rings is 1. The maximum Gasteiger partial charge on any atom is 0.115 e. The largest absolute Gasteiger partial charge is 0.508 e. The fraction of sp³-hybridized carbons (Fsp3) is 0.500. The van der Waals surface area contributed by atoms with Gasteiger partial charge in [-0.1, -0.05) is 18.6 Å². The summed E-state index contributed by atoms with van der Waals surface area (Å²) in [7, 11) is 0. The van der Waals surface area contributed by atoms with Crippen LogP contribution in [0.3, 0.4) is 0 Å². The van der Waals surface area contributed by atoms with Crippen molar-refractivity contribution < 1.29 is 5.11 Å². The first-order chi connectivity index (χ1) is 6.77. The highest BCUT2D eigenvalue weighted by Crippen LogP contribution is 2.45. The summed E-state index contributed by atoms with van der Waals surface area (Å²) in [5.74, 6) is 1.57. The second-order valence-electron chi connectivity index (χ2n) is 4.11. The molecule has 1 saturated carbocycles. The number of hydrogen-bond acceptors (Lipinski definition) is 2. The molecule has 1 fully saturated rings. The van der Waals surface area contributed by atoms with E-state index in [2.05, 4.69) is 18.4 Å². The van der Waals surface area contributed by atoms with Gasteiger partial charge in [-0.3, -0.25) is 0 Å².